The summed E-state index contributed by atoms with van der Waals surface area (Å²) in [6.45, 7) is 4.31. The van der Waals surface area contributed by atoms with E-state index in [0.29, 0.717) is 11.3 Å². The Morgan fingerprint density at radius 2 is 2.05 bits per heavy atom. The third kappa shape index (κ3) is 7.30. The quantitative estimate of drug-likeness (QED) is 0.645. The first-order chi connectivity index (χ1) is 10.0. The second kappa shape index (κ2) is 8.95. The van der Waals surface area contributed by atoms with Gasteiger partial charge in [-0.2, -0.15) is 5.26 Å². The van der Waals surface area contributed by atoms with Crippen LogP contribution in [0.2, 0.25) is 0 Å². The lowest BCUT2D eigenvalue weighted by atomic mass is 10.2. The summed E-state index contributed by atoms with van der Waals surface area (Å²) in [6, 6.07) is 8.77. The molecule has 0 aliphatic carbocycles. The fourth-order valence-corrected chi connectivity index (χ4v) is 1.60. The van der Waals surface area contributed by atoms with Crippen molar-refractivity contribution >= 4 is 5.91 Å². The van der Waals surface area contributed by atoms with Crippen LogP contribution in [-0.4, -0.2) is 42.9 Å². The van der Waals surface area contributed by atoms with Gasteiger partial charge in [-0.3, -0.25) is 4.79 Å². The van der Waals surface area contributed by atoms with Crippen LogP contribution in [0.1, 0.15) is 19.4 Å². The number of ether oxygens (including phenoxy) is 1. The van der Waals surface area contributed by atoms with E-state index in [-0.39, 0.29) is 31.6 Å². The minimum Gasteiger partial charge on any atom is -0.491 e. The molecule has 0 bridgehead atoms. The average Bonchev–Trinajstić information content (AvgIpc) is 2.45. The highest BCUT2D eigenvalue weighted by Gasteiger charge is 2.07. The van der Waals surface area contributed by atoms with Crippen molar-refractivity contribution in [2.45, 2.75) is 26.0 Å². The monoisotopic (exact) mass is 291 g/mol. The largest absolute Gasteiger partial charge is 0.491 e. The van der Waals surface area contributed by atoms with Crippen molar-refractivity contribution in [1.29, 1.82) is 5.26 Å². The van der Waals surface area contributed by atoms with Gasteiger partial charge in [-0.15, -0.1) is 0 Å². The normalized spacial score (nSPS) is 11.8. The van der Waals surface area contributed by atoms with E-state index in [1.54, 1.807) is 24.3 Å². The van der Waals surface area contributed by atoms with Gasteiger partial charge in [-0.1, -0.05) is 0 Å². The Bertz CT molecular complexity index is 480. The molecule has 0 aromatic heterocycles. The number of aliphatic hydroxyl groups excluding tert-OH is 1. The minimum atomic E-state index is -0.715. The van der Waals surface area contributed by atoms with Gasteiger partial charge in [0.15, 0.2) is 0 Å². The Labute approximate surface area is 124 Å². The maximum atomic E-state index is 11.4. The number of nitriles is 1. The summed E-state index contributed by atoms with van der Waals surface area (Å²) < 4.78 is 5.39. The van der Waals surface area contributed by atoms with Gasteiger partial charge < -0.3 is 20.5 Å². The van der Waals surface area contributed by atoms with Crippen LogP contribution in [0, 0.1) is 11.3 Å². The highest BCUT2D eigenvalue weighted by atomic mass is 16.5. The molecular formula is C15H21N3O3. The predicted octanol–water partition coefficient (Wildman–Crippen LogP) is 0.412. The van der Waals surface area contributed by atoms with E-state index in [1.807, 2.05) is 19.9 Å². The zero-order valence-corrected chi connectivity index (χ0v) is 12.3. The number of carbonyl (C=O) groups excluding carboxylic acids is 1. The van der Waals surface area contributed by atoms with Gasteiger partial charge in [-0.05, 0) is 38.1 Å². The van der Waals surface area contributed by atoms with Crippen LogP contribution in [-0.2, 0) is 4.79 Å². The smallest absolute Gasteiger partial charge is 0.234 e. The number of hydrogen-bond acceptors (Lipinski definition) is 5. The van der Waals surface area contributed by atoms with Gasteiger partial charge >= 0.3 is 0 Å². The number of hydrogen-bond donors (Lipinski definition) is 3. The van der Waals surface area contributed by atoms with Gasteiger partial charge in [0.1, 0.15) is 18.5 Å². The molecule has 6 nitrogen and oxygen atoms in total. The van der Waals surface area contributed by atoms with Crippen molar-refractivity contribution in [3.63, 3.8) is 0 Å². The van der Waals surface area contributed by atoms with Crippen LogP contribution in [0.5, 0.6) is 5.75 Å². The molecule has 1 aromatic carbocycles. The van der Waals surface area contributed by atoms with Crippen molar-refractivity contribution in [2.24, 2.45) is 0 Å². The van der Waals surface area contributed by atoms with Crippen molar-refractivity contribution in [3.05, 3.63) is 29.8 Å². The molecule has 0 saturated heterocycles. The van der Waals surface area contributed by atoms with E-state index in [0.717, 1.165) is 0 Å². The van der Waals surface area contributed by atoms with E-state index in [4.69, 9.17) is 10.00 Å². The number of nitrogens with zero attached hydrogens (tertiary/aromatic N) is 1. The molecule has 21 heavy (non-hydrogen) atoms. The summed E-state index contributed by atoms with van der Waals surface area (Å²) in [5.74, 6) is 0.482. The lowest BCUT2D eigenvalue weighted by Crippen LogP contribution is -2.41. The Morgan fingerprint density at radius 3 is 2.62 bits per heavy atom. The van der Waals surface area contributed by atoms with Gasteiger partial charge in [-0.25, -0.2) is 0 Å². The van der Waals surface area contributed by atoms with Gasteiger partial charge in [0.25, 0.3) is 0 Å². The lowest BCUT2D eigenvalue weighted by Gasteiger charge is -2.14. The lowest BCUT2D eigenvalue weighted by molar-refractivity contribution is -0.120. The molecule has 0 aliphatic rings. The molecule has 114 valence electrons. The van der Waals surface area contributed by atoms with Crippen LogP contribution < -0.4 is 15.4 Å². The first-order valence-corrected chi connectivity index (χ1v) is 6.82. The number of benzene rings is 1. The van der Waals surface area contributed by atoms with Gasteiger partial charge in [0.2, 0.25) is 5.91 Å². The van der Waals surface area contributed by atoms with Crippen LogP contribution >= 0.6 is 0 Å². The fraction of sp³-hybridized carbons (Fsp3) is 0.467. The van der Waals surface area contributed by atoms with E-state index < -0.39 is 6.10 Å². The summed E-state index contributed by atoms with van der Waals surface area (Å²) in [5, 5.41) is 24.0. The molecule has 1 amide bonds. The summed E-state index contributed by atoms with van der Waals surface area (Å²) in [4.78, 5) is 11.4. The van der Waals surface area contributed by atoms with Gasteiger partial charge in [0.05, 0.1) is 18.2 Å². The fourth-order valence-electron chi connectivity index (χ4n) is 1.60. The topological polar surface area (TPSA) is 94.4 Å². The maximum Gasteiger partial charge on any atom is 0.234 e. The first-order valence-electron chi connectivity index (χ1n) is 6.82. The number of aliphatic hydroxyl groups is 1. The second-order valence-electron chi connectivity index (χ2n) is 4.95. The summed E-state index contributed by atoms with van der Waals surface area (Å²) in [6.07, 6.45) is -0.715. The highest BCUT2D eigenvalue weighted by molar-refractivity contribution is 5.78. The molecule has 1 atom stereocenters. The van der Waals surface area contributed by atoms with E-state index in [1.165, 1.54) is 0 Å². The third-order valence-electron chi connectivity index (χ3n) is 2.54. The Hall–Kier alpha value is -2.10. The molecule has 3 N–H and O–H groups in total. The molecule has 0 fully saturated rings. The summed E-state index contributed by atoms with van der Waals surface area (Å²) in [5.41, 5.74) is 0.556. The molecule has 0 heterocycles. The van der Waals surface area contributed by atoms with E-state index in [9.17, 15) is 9.90 Å². The average molecular weight is 291 g/mol. The minimum absolute atomic E-state index is 0.101. The van der Waals surface area contributed by atoms with Crippen LogP contribution in [0.15, 0.2) is 24.3 Å². The molecule has 0 aliphatic heterocycles. The standard InChI is InChI=1S/C15H21N3O3/c1-11(2)18-15(20)9-17-8-13(19)10-21-14-5-3-12(7-16)4-6-14/h3-6,11,13,17,19H,8-10H2,1-2H3,(H,18,20). The summed E-state index contributed by atoms with van der Waals surface area (Å²) in [7, 11) is 0. The Kier molecular flexibility index (Phi) is 7.23. The van der Waals surface area contributed by atoms with Crippen molar-refractivity contribution in [1.82, 2.24) is 10.6 Å². The van der Waals surface area contributed by atoms with Crippen molar-refractivity contribution in [2.75, 3.05) is 19.7 Å². The van der Waals surface area contributed by atoms with E-state index >= 15 is 0 Å². The zero-order valence-electron chi connectivity index (χ0n) is 12.3. The van der Waals surface area contributed by atoms with Crippen LogP contribution in [0.4, 0.5) is 0 Å². The van der Waals surface area contributed by atoms with Crippen LogP contribution in [0.3, 0.4) is 0 Å². The van der Waals surface area contributed by atoms with Gasteiger partial charge in [0, 0.05) is 12.6 Å². The first kappa shape index (κ1) is 17.0. The third-order valence-corrected chi connectivity index (χ3v) is 2.54. The van der Waals surface area contributed by atoms with E-state index in [2.05, 4.69) is 10.6 Å². The number of rotatable bonds is 8. The molecule has 1 unspecified atom stereocenters. The molecular weight excluding hydrogens is 270 g/mol. The predicted molar refractivity (Wildman–Crippen MR) is 78.8 cm³/mol. The molecule has 0 spiro atoms. The second-order valence-corrected chi connectivity index (χ2v) is 4.95. The highest BCUT2D eigenvalue weighted by Crippen LogP contribution is 2.11. The molecule has 6 heteroatoms. The molecule has 0 saturated carbocycles. The number of amides is 1. The Balaban J connectivity index is 2.20. The number of carbonyl (C=O) groups is 1. The maximum absolute atomic E-state index is 11.4. The summed E-state index contributed by atoms with van der Waals surface area (Å²) >= 11 is 0. The number of nitrogens with one attached hydrogen (secondary N) is 2. The molecule has 1 rings (SSSR count). The Morgan fingerprint density at radius 1 is 1.38 bits per heavy atom. The molecule has 0 radical (unpaired) electrons. The SMILES string of the molecule is CC(C)NC(=O)CNCC(O)COc1ccc(C#N)cc1. The molecule has 1 aromatic rings. The zero-order chi connectivity index (χ0) is 15.7. The van der Waals surface area contributed by atoms with Crippen molar-refractivity contribution < 1.29 is 14.6 Å². The van der Waals surface area contributed by atoms with Crippen molar-refractivity contribution in [3.8, 4) is 11.8 Å². The van der Waals surface area contributed by atoms with Crippen LogP contribution in [0.25, 0.3) is 0 Å².